The maximum Gasteiger partial charge on any atom is 0.191 e. The highest BCUT2D eigenvalue weighted by Crippen LogP contribution is 2.13. The van der Waals surface area contributed by atoms with Crippen molar-refractivity contribution in [3.05, 3.63) is 29.8 Å². The van der Waals surface area contributed by atoms with Gasteiger partial charge in [0.1, 0.15) is 5.75 Å². The van der Waals surface area contributed by atoms with E-state index in [4.69, 9.17) is 4.99 Å². The number of phenolic OH excluding ortho intramolecular Hbond substituents is 1. The Morgan fingerprint density at radius 3 is 2.72 bits per heavy atom. The maximum absolute atomic E-state index is 9.53. The predicted molar refractivity (Wildman–Crippen MR) is 105 cm³/mol. The Morgan fingerprint density at radius 2 is 2.08 bits per heavy atom. The molecule has 0 unspecified atom stereocenters. The number of phenols is 1. The number of aliphatic imine (C=N–C) groups is 1. The van der Waals surface area contributed by atoms with Crippen LogP contribution in [0.1, 0.15) is 39.2 Å². The number of nitrogens with one attached hydrogen (secondary N) is 2. The Labute approximate surface area is 152 Å². The molecule has 1 aromatic carbocycles. The SMILES string of the molecule is CCNC(=NCCc1cccc(O)c1)NC1CCN(CC(C)C)CC1. The molecule has 2 rings (SSSR count). The number of rotatable bonds is 7. The van der Waals surface area contributed by atoms with Gasteiger partial charge in [0.2, 0.25) is 0 Å². The number of hydrogen-bond acceptors (Lipinski definition) is 3. The molecule has 1 aliphatic heterocycles. The number of hydrogen-bond donors (Lipinski definition) is 3. The molecule has 0 spiro atoms. The lowest BCUT2D eigenvalue weighted by atomic mass is 10.0. The van der Waals surface area contributed by atoms with Gasteiger partial charge in [-0.05, 0) is 49.8 Å². The van der Waals surface area contributed by atoms with Gasteiger partial charge in [-0.3, -0.25) is 4.99 Å². The van der Waals surface area contributed by atoms with Crippen molar-refractivity contribution in [2.75, 3.05) is 32.7 Å². The van der Waals surface area contributed by atoms with Crippen LogP contribution in [-0.4, -0.2) is 54.7 Å². The zero-order chi connectivity index (χ0) is 18.1. The molecule has 0 amide bonds. The average Bonchev–Trinajstić information content (AvgIpc) is 2.56. The van der Waals surface area contributed by atoms with Crippen LogP contribution in [0.5, 0.6) is 5.75 Å². The number of nitrogens with zero attached hydrogens (tertiary/aromatic N) is 2. The van der Waals surface area contributed by atoms with Crippen LogP contribution in [0.3, 0.4) is 0 Å². The molecule has 0 atom stereocenters. The van der Waals surface area contributed by atoms with Crippen molar-refractivity contribution in [1.82, 2.24) is 15.5 Å². The standard InChI is InChI=1S/C20H34N4O/c1-4-21-20(22-11-8-17-6-5-7-19(25)14-17)23-18-9-12-24(13-10-18)15-16(2)3/h5-7,14,16,18,25H,4,8-13,15H2,1-3H3,(H2,21,22,23). The molecule has 1 fully saturated rings. The van der Waals surface area contributed by atoms with Crippen molar-refractivity contribution in [2.45, 2.75) is 46.1 Å². The molecule has 1 aliphatic rings. The van der Waals surface area contributed by atoms with Crippen molar-refractivity contribution in [2.24, 2.45) is 10.9 Å². The highest BCUT2D eigenvalue weighted by atomic mass is 16.3. The number of piperidine rings is 1. The molecule has 0 aliphatic carbocycles. The molecule has 3 N–H and O–H groups in total. The maximum atomic E-state index is 9.53. The Balaban J connectivity index is 1.80. The molecular formula is C20H34N4O. The third kappa shape index (κ3) is 7.34. The van der Waals surface area contributed by atoms with Gasteiger partial charge < -0.3 is 20.6 Å². The zero-order valence-corrected chi connectivity index (χ0v) is 16.0. The average molecular weight is 347 g/mol. The van der Waals surface area contributed by atoms with E-state index in [1.165, 1.54) is 32.5 Å². The monoisotopic (exact) mass is 346 g/mol. The molecule has 1 aromatic rings. The first-order chi connectivity index (χ1) is 12.1. The molecule has 0 saturated carbocycles. The van der Waals surface area contributed by atoms with Gasteiger partial charge in [-0.1, -0.05) is 26.0 Å². The van der Waals surface area contributed by atoms with Crippen LogP contribution in [0.25, 0.3) is 0 Å². The number of benzene rings is 1. The van der Waals surface area contributed by atoms with Crippen LogP contribution in [0.2, 0.25) is 0 Å². The third-order valence-electron chi connectivity index (χ3n) is 4.48. The fourth-order valence-corrected chi connectivity index (χ4v) is 3.30. The first-order valence-corrected chi connectivity index (χ1v) is 9.62. The fraction of sp³-hybridized carbons (Fsp3) is 0.650. The number of likely N-dealkylation sites (tertiary alicyclic amines) is 1. The molecule has 140 valence electrons. The van der Waals surface area contributed by atoms with Crippen LogP contribution in [0.4, 0.5) is 0 Å². The minimum atomic E-state index is 0.319. The summed E-state index contributed by atoms with van der Waals surface area (Å²) in [7, 11) is 0. The minimum Gasteiger partial charge on any atom is -0.508 e. The van der Waals surface area contributed by atoms with Crippen LogP contribution in [0, 0.1) is 5.92 Å². The van der Waals surface area contributed by atoms with E-state index in [0.29, 0.717) is 18.3 Å². The summed E-state index contributed by atoms with van der Waals surface area (Å²) in [4.78, 5) is 7.26. The van der Waals surface area contributed by atoms with Crippen LogP contribution < -0.4 is 10.6 Å². The van der Waals surface area contributed by atoms with Gasteiger partial charge in [-0.15, -0.1) is 0 Å². The molecule has 5 nitrogen and oxygen atoms in total. The second-order valence-electron chi connectivity index (χ2n) is 7.29. The second-order valence-corrected chi connectivity index (χ2v) is 7.29. The Morgan fingerprint density at radius 1 is 1.32 bits per heavy atom. The molecule has 0 bridgehead atoms. The van der Waals surface area contributed by atoms with Crippen molar-refractivity contribution >= 4 is 5.96 Å². The predicted octanol–water partition coefficient (Wildman–Crippen LogP) is 2.61. The highest BCUT2D eigenvalue weighted by Gasteiger charge is 2.20. The summed E-state index contributed by atoms with van der Waals surface area (Å²) in [5.74, 6) is 1.96. The normalized spacial score (nSPS) is 17.0. The summed E-state index contributed by atoms with van der Waals surface area (Å²) >= 11 is 0. The first-order valence-electron chi connectivity index (χ1n) is 9.62. The largest absolute Gasteiger partial charge is 0.508 e. The summed E-state index contributed by atoms with van der Waals surface area (Å²) in [6, 6.07) is 7.91. The highest BCUT2D eigenvalue weighted by molar-refractivity contribution is 5.80. The zero-order valence-electron chi connectivity index (χ0n) is 16.0. The molecule has 5 heteroatoms. The van der Waals surface area contributed by atoms with E-state index in [1.807, 2.05) is 12.1 Å². The van der Waals surface area contributed by atoms with Gasteiger partial charge in [0.25, 0.3) is 0 Å². The minimum absolute atomic E-state index is 0.319. The lowest BCUT2D eigenvalue weighted by Crippen LogP contribution is -2.49. The van der Waals surface area contributed by atoms with E-state index in [9.17, 15) is 5.11 Å². The lowest BCUT2D eigenvalue weighted by Gasteiger charge is -2.34. The van der Waals surface area contributed by atoms with Crippen molar-refractivity contribution in [3.63, 3.8) is 0 Å². The van der Waals surface area contributed by atoms with E-state index in [1.54, 1.807) is 12.1 Å². The van der Waals surface area contributed by atoms with E-state index in [2.05, 4.69) is 36.3 Å². The van der Waals surface area contributed by atoms with Gasteiger partial charge in [-0.25, -0.2) is 0 Å². The Kier molecular flexibility index (Phi) is 8.06. The number of aromatic hydroxyl groups is 1. The van der Waals surface area contributed by atoms with E-state index >= 15 is 0 Å². The summed E-state index contributed by atoms with van der Waals surface area (Å²) in [5, 5.41) is 16.5. The van der Waals surface area contributed by atoms with Gasteiger partial charge >= 0.3 is 0 Å². The van der Waals surface area contributed by atoms with Crippen LogP contribution >= 0.6 is 0 Å². The van der Waals surface area contributed by atoms with Crippen molar-refractivity contribution in [3.8, 4) is 5.75 Å². The lowest BCUT2D eigenvalue weighted by molar-refractivity contribution is 0.187. The summed E-state index contributed by atoms with van der Waals surface area (Å²) < 4.78 is 0. The first kappa shape index (κ1) is 19.6. The molecular weight excluding hydrogens is 312 g/mol. The molecule has 1 saturated heterocycles. The second kappa shape index (κ2) is 10.3. The Bertz CT molecular complexity index is 536. The van der Waals surface area contributed by atoms with Crippen LogP contribution in [-0.2, 0) is 6.42 Å². The van der Waals surface area contributed by atoms with Crippen molar-refractivity contribution in [1.29, 1.82) is 0 Å². The molecule has 0 aromatic heterocycles. The van der Waals surface area contributed by atoms with Crippen molar-refractivity contribution < 1.29 is 5.11 Å². The van der Waals surface area contributed by atoms with Gasteiger partial charge in [0, 0.05) is 38.8 Å². The Hall–Kier alpha value is -1.75. The van der Waals surface area contributed by atoms with E-state index in [0.717, 1.165) is 30.4 Å². The van der Waals surface area contributed by atoms with Crippen LogP contribution in [0.15, 0.2) is 29.3 Å². The fourth-order valence-electron chi connectivity index (χ4n) is 3.30. The molecule has 1 heterocycles. The molecule has 25 heavy (non-hydrogen) atoms. The smallest absolute Gasteiger partial charge is 0.191 e. The van der Waals surface area contributed by atoms with Gasteiger partial charge in [0.15, 0.2) is 5.96 Å². The van der Waals surface area contributed by atoms with E-state index < -0.39 is 0 Å². The quantitative estimate of drug-likeness (QED) is 0.525. The third-order valence-corrected chi connectivity index (χ3v) is 4.48. The topological polar surface area (TPSA) is 59.9 Å². The summed E-state index contributed by atoms with van der Waals surface area (Å²) in [6.07, 6.45) is 3.17. The summed E-state index contributed by atoms with van der Waals surface area (Å²) in [5.41, 5.74) is 1.11. The van der Waals surface area contributed by atoms with Gasteiger partial charge in [-0.2, -0.15) is 0 Å². The van der Waals surface area contributed by atoms with Gasteiger partial charge in [0.05, 0.1) is 0 Å². The summed E-state index contributed by atoms with van der Waals surface area (Å²) in [6.45, 7) is 11.8. The van der Waals surface area contributed by atoms with E-state index in [-0.39, 0.29) is 0 Å². The number of guanidine groups is 1. The molecule has 0 radical (unpaired) electrons.